The Hall–Kier alpha value is -0.670. The Kier molecular flexibility index (Phi) is 4.01. The van der Waals surface area contributed by atoms with Gasteiger partial charge < -0.3 is 15.0 Å². The Morgan fingerprint density at radius 3 is 2.52 bits per heavy atom. The molecule has 0 saturated heterocycles. The van der Waals surface area contributed by atoms with Crippen LogP contribution in [0.3, 0.4) is 0 Å². The predicted octanol–water partition coefficient (Wildman–Crippen LogP) is 3.59. The largest absolute Gasteiger partial charge is 0.393 e. The normalized spacial score (nSPS) is 57.9. The van der Waals surface area contributed by atoms with Gasteiger partial charge in [0.2, 0.25) is 0 Å². The van der Waals surface area contributed by atoms with Gasteiger partial charge in [-0.05, 0) is 67.1 Å². The molecule has 0 aromatic heterocycles. The molecule has 0 aliphatic heterocycles. The van der Waals surface area contributed by atoms with E-state index >= 15 is 0 Å². The van der Waals surface area contributed by atoms with Gasteiger partial charge in [0.15, 0.2) is 0 Å². The molecule has 0 radical (unpaired) electrons. The van der Waals surface area contributed by atoms with Crippen LogP contribution in [0.15, 0.2) is 11.6 Å². The molecular weight excluding hydrogens is 312 g/mol. The topological polar surface area (TPSA) is 57.5 Å². The molecule has 3 fully saturated rings. The summed E-state index contributed by atoms with van der Waals surface area (Å²) in [6.45, 7) is 8.84. The molecule has 4 aliphatic carbocycles. The summed E-state index contributed by atoms with van der Waals surface area (Å²) in [6.07, 6.45) is 7.85. The highest BCUT2D eigenvalue weighted by Crippen LogP contribution is 2.67. The maximum atomic E-state index is 12.6. The standard InChI is InChI=1S/C22H34O3/c1-12-9-17-14(3)18(24)10-13(2)22(17,11-23)16-7-8-21(4)15(20(12)16)5-6-19(21)25/h9,11-16,18-20,24-25H,5-8,10H2,1-4H3/t12?,13?,14?,15-,16+,18?,19?,20-,21-,22+/m0/s1. The van der Waals surface area contributed by atoms with E-state index in [2.05, 4.69) is 33.8 Å². The summed E-state index contributed by atoms with van der Waals surface area (Å²) in [5, 5.41) is 21.1. The summed E-state index contributed by atoms with van der Waals surface area (Å²) in [4.78, 5) is 12.6. The van der Waals surface area contributed by atoms with Crippen molar-refractivity contribution >= 4 is 6.29 Å². The predicted molar refractivity (Wildman–Crippen MR) is 97.7 cm³/mol. The Morgan fingerprint density at radius 2 is 1.84 bits per heavy atom. The summed E-state index contributed by atoms with van der Waals surface area (Å²) in [5.74, 6) is 2.05. The van der Waals surface area contributed by atoms with Gasteiger partial charge in [-0.1, -0.05) is 39.3 Å². The van der Waals surface area contributed by atoms with E-state index in [4.69, 9.17) is 0 Å². The van der Waals surface area contributed by atoms with Gasteiger partial charge >= 0.3 is 0 Å². The Bertz CT molecular complexity index is 598. The molecule has 140 valence electrons. The summed E-state index contributed by atoms with van der Waals surface area (Å²) in [5.41, 5.74) is 0.836. The van der Waals surface area contributed by atoms with Crippen molar-refractivity contribution < 1.29 is 15.0 Å². The van der Waals surface area contributed by atoms with Crippen LogP contribution in [-0.4, -0.2) is 28.7 Å². The zero-order chi connectivity index (χ0) is 18.1. The number of hydrogen-bond acceptors (Lipinski definition) is 3. The van der Waals surface area contributed by atoms with Gasteiger partial charge in [-0.3, -0.25) is 0 Å². The van der Waals surface area contributed by atoms with E-state index in [1.807, 2.05) is 0 Å². The van der Waals surface area contributed by atoms with Crippen LogP contribution >= 0.6 is 0 Å². The fraction of sp³-hybridized carbons (Fsp3) is 0.864. The maximum Gasteiger partial charge on any atom is 0.130 e. The molecule has 0 spiro atoms. The summed E-state index contributed by atoms with van der Waals surface area (Å²) >= 11 is 0. The van der Waals surface area contributed by atoms with Gasteiger partial charge in [0.05, 0.1) is 17.6 Å². The minimum absolute atomic E-state index is 0.0217. The van der Waals surface area contributed by atoms with Crippen molar-refractivity contribution in [2.45, 2.75) is 72.0 Å². The molecule has 0 amide bonds. The molecule has 3 saturated carbocycles. The van der Waals surface area contributed by atoms with Gasteiger partial charge in [0.25, 0.3) is 0 Å². The van der Waals surface area contributed by atoms with Gasteiger partial charge in [-0.2, -0.15) is 0 Å². The lowest BCUT2D eigenvalue weighted by Gasteiger charge is -2.61. The molecular formula is C22H34O3. The van der Waals surface area contributed by atoms with E-state index in [1.54, 1.807) is 0 Å². The van der Waals surface area contributed by atoms with Gasteiger partial charge in [0, 0.05) is 5.92 Å². The van der Waals surface area contributed by atoms with E-state index < -0.39 is 5.41 Å². The first-order valence-corrected chi connectivity index (χ1v) is 10.3. The van der Waals surface area contributed by atoms with Crippen molar-refractivity contribution in [1.29, 1.82) is 0 Å². The van der Waals surface area contributed by atoms with Crippen molar-refractivity contribution in [1.82, 2.24) is 0 Å². The van der Waals surface area contributed by atoms with Crippen molar-refractivity contribution in [2.75, 3.05) is 0 Å². The number of aliphatic hydroxyl groups excluding tert-OH is 2. The molecule has 4 rings (SSSR count). The number of carbonyl (C=O) groups excluding carboxylic acids is 1. The zero-order valence-electron chi connectivity index (χ0n) is 16.1. The van der Waals surface area contributed by atoms with Crippen LogP contribution in [0, 0.1) is 46.3 Å². The third kappa shape index (κ3) is 2.09. The molecule has 5 unspecified atom stereocenters. The molecule has 0 bridgehead atoms. The number of carbonyl (C=O) groups is 1. The molecule has 0 aromatic rings. The first-order valence-electron chi connectivity index (χ1n) is 10.3. The monoisotopic (exact) mass is 346 g/mol. The SMILES string of the molecule is CC1C2=CC(C)[C@@H]3[C@@H](CC[C@]4(C)C(O)CC[C@@H]34)[C@@]2(C=O)C(C)CC1O. The molecule has 3 heteroatoms. The summed E-state index contributed by atoms with van der Waals surface area (Å²) in [6, 6.07) is 0. The number of rotatable bonds is 1. The lowest BCUT2D eigenvalue weighted by molar-refractivity contribution is -0.140. The fourth-order valence-electron chi connectivity index (χ4n) is 7.65. The van der Waals surface area contributed by atoms with Crippen molar-refractivity contribution in [3.63, 3.8) is 0 Å². The van der Waals surface area contributed by atoms with E-state index in [9.17, 15) is 15.0 Å². The summed E-state index contributed by atoms with van der Waals surface area (Å²) in [7, 11) is 0. The van der Waals surface area contributed by atoms with Crippen molar-refractivity contribution in [2.24, 2.45) is 46.3 Å². The number of fused-ring (bicyclic) bond motifs is 5. The molecule has 2 N–H and O–H groups in total. The summed E-state index contributed by atoms with van der Waals surface area (Å²) < 4.78 is 0. The minimum Gasteiger partial charge on any atom is -0.393 e. The Labute approximate surface area is 151 Å². The molecule has 10 atom stereocenters. The highest BCUT2D eigenvalue weighted by atomic mass is 16.3. The highest BCUT2D eigenvalue weighted by molar-refractivity contribution is 5.68. The molecule has 4 aliphatic rings. The van der Waals surface area contributed by atoms with Crippen LogP contribution in [0.5, 0.6) is 0 Å². The number of allylic oxidation sites excluding steroid dienone is 1. The minimum atomic E-state index is -0.398. The van der Waals surface area contributed by atoms with Crippen LogP contribution in [0.2, 0.25) is 0 Å². The maximum absolute atomic E-state index is 12.6. The van der Waals surface area contributed by atoms with Crippen molar-refractivity contribution in [3.8, 4) is 0 Å². The molecule has 3 nitrogen and oxygen atoms in total. The molecule has 0 aromatic carbocycles. The average Bonchev–Trinajstić information content (AvgIpc) is 2.88. The van der Waals surface area contributed by atoms with E-state index in [1.165, 1.54) is 11.9 Å². The van der Waals surface area contributed by atoms with Crippen molar-refractivity contribution in [3.05, 3.63) is 11.6 Å². The fourth-order valence-corrected chi connectivity index (χ4v) is 7.65. The lowest BCUT2D eigenvalue weighted by Crippen LogP contribution is -2.58. The van der Waals surface area contributed by atoms with Gasteiger partial charge in [-0.25, -0.2) is 0 Å². The lowest BCUT2D eigenvalue weighted by atomic mass is 9.43. The smallest absolute Gasteiger partial charge is 0.130 e. The highest BCUT2D eigenvalue weighted by Gasteiger charge is 2.63. The second-order valence-corrected chi connectivity index (χ2v) is 9.95. The van der Waals surface area contributed by atoms with Crippen LogP contribution in [0.1, 0.15) is 59.8 Å². The van der Waals surface area contributed by atoms with E-state index in [-0.39, 0.29) is 29.5 Å². The Morgan fingerprint density at radius 1 is 1.12 bits per heavy atom. The van der Waals surface area contributed by atoms with Gasteiger partial charge in [0.1, 0.15) is 6.29 Å². The molecule has 0 heterocycles. The van der Waals surface area contributed by atoms with E-state index in [0.29, 0.717) is 23.7 Å². The average molecular weight is 347 g/mol. The third-order valence-corrected chi connectivity index (χ3v) is 9.12. The number of aldehydes is 1. The molecule has 25 heavy (non-hydrogen) atoms. The van der Waals surface area contributed by atoms with Crippen LogP contribution in [0.25, 0.3) is 0 Å². The quantitative estimate of drug-likeness (QED) is 0.563. The Balaban J connectivity index is 1.83. The van der Waals surface area contributed by atoms with Crippen LogP contribution < -0.4 is 0 Å². The first kappa shape index (κ1) is 17.7. The number of aliphatic hydroxyl groups is 2. The third-order valence-electron chi connectivity index (χ3n) is 9.12. The second kappa shape index (κ2) is 5.66. The van der Waals surface area contributed by atoms with Gasteiger partial charge in [-0.15, -0.1) is 0 Å². The number of hydrogen-bond donors (Lipinski definition) is 2. The zero-order valence-corrected chi connectivity index (χ0v) is 16.1. The second-order valence-electron chi connectivity index (χ2n) is 9.95. The first-order chi connectivity index (χ1) is 11.8. The van der Waals surface area contributed by atoms with Crippen LogP contribution in [-0.2, 0) is 4.79 Å². The van der Waals surface area contributed by atoms with E-state index in [0.717, 1.165) is 32.1 Å². The van der Waals surface area contributed by atoms with Crippen LogP contribution in [0.4, 0.5) is 0 Å².